The molecule has 5 aliphatic rings. The highest BCUT2D eigenvalue weighted by Gasteiger charge is 2.58. The number of fused-ring (bicyclic) bond motifs is 4. The second-order valence-corrected chi connectivity index (χ2v) is 12.3. The summed E-state index contributed by atoms with van der Waals surface area (Å²) in [7, 11) is 4.21. The molecule has 1 aromatic rings. The Morgan fingerprint density at radius 1 is 1.00 bits per heavy atom. The van der Waals surface area contributed by atoms with Gasteiger partial charge >= 0.3 is 0 Å². The van der Waals surface area contributed by atoms with E-state index >= 15 is 0 Å². The van der Waals surface area contributed by atoms with Crippen LogP contribution in [0.25, 0.3) is 0 Å². The summed E-state index contributed by atoms with van der Waals surface area (Å²) < 4.78 is 12.3. The predicted molar refractivity (Wildman–Crippen MR) is 135 cm³/mol. The van der Waals surface area contributed by atoms with E-state index in [2.05, 4.69) is 50.2 Å². The van der Waals surface area contributed by atoms with Crippen LogP contribution in [0.5, 0.6) is 0 Å². The second-order valence-electron chi connectivity index (χ2n) is 12.3. The lowest BCUT2D eigenvalue weighted by Gasteiger charge is -2.54. The maximum atomic E-state index is 12.8. The summed E-state index contributed by atoms with van der Waals surface area (Å²) in [5, 5.41) is 0. The Labute approximate surface area is 205 Å². The van der Waals surface area contributed by atoms with E-state index < -0.39 is 0 Å². The number of rotatable bonds is 3. The molecule has 4 fully saturated rings. The fourth-order valence-corrected chi connectivity index (χ4v) is 8.96. The number of allylic oxidation sites excluding steroid dienone is 2. The molecule has 1 aromatic carbocycles. The lowest BCUT2D eigenvalue weighted by atomic mass is 9.51. The largest absolute Gasteiger partial charge is 0.378 e. The molecule has 4 aliphatic carbocycles. The van der Waals surface area contributed by atoms with Crippen molar-refractivity contribution in [2.75, 3.05) is 32.2 Å². The summed E-state index contributed by atoms with van der Waals surface area (Å²) in [5.74, 6) is 2.62. The molecule has 184 valence electrons. The highest BCUT2D eigenvalue weighted by Crippen LogP contribution is 2.66. The van der Waals surface area contributed by atoms with E-state index in [1.807, 2.05) is 6.92 Å². The van der Waals surface area contributed by atoms with Gasteiger partial charge in [0.1, 0.15) is 5.78 Å². The van der Waals surface area contributed by atoms with Crippen molar-refractivity contribution < 1.29 is 14.3 Å². The lowest BCUT2D eigenvalue weighted by Crippen LogP contribution is -2.47. The predicted octanol–water partition coefficient (Wildman–Crippen LogP) is 6.11. The van der Waals surface area contributed by atoms with Crippen molar-refractivity contribution in [3.8, 4) is 0 Å². The van der Waals surface area contributed by atoms with E-state index in [1.54, 1.807) is 11.1 Å². The first-order valence-corrected chi connectivity index (χ1v) is 13.6. The van der Waals surface area contributed by atoms with Crippen LogP contribution < -0.4 is 4.90 Å². The summed E-state index contributed by atoms with van der Waals surface area (Å²) in [5.41, 5.74) is 6.30. The van der Waals surface area contributed by atoms with E-state index in [0.29, 0.717) is 29.5 Å². The van der Waals surface area contributed by atoms with Gasteiger partial charge in [0.15, 0.2) is 5.79 Å². The van der Waals surface area contributed by atoms with E-state index in [-0.39, 0.29) is 17.1 Å². The van der Waals surface area contributed by atoms with E-state index in [0.717, 1.165) is 45.3 Å². The van der Waals surface area contributed by atoms with Crippen molar-refractivity contribution in [3.05, 3.63) is 41.0 Å². The molecule has 4 heteroatoms. The van der Waals surface area contributed by atoms with E-state index in [9.17, 15) is 4.79 Å². The first kappa shape index (κ1) is 22.8. The number of hydrogen-bond donors (Lipinski definition) is 0. The summed E-state index contributed by atoms with van der Waals surface area (Å²) >= 11 is 0. The van der Waals surface area contributed by atoms with Crippen molar-refractivity contribution in [1.82, 2.24) is 0 Å². The zero-order valence-electron chi connectivity index (χ0n) is 21.4. The van der Waals surface area contributed by atoms with Crippen LogP contribution in [0.2, 0.25) is 0 Å². The standard InChI is InChI=1S/C30H41NO3/c1-19(32)26-11-12-27-24-10-7-21-17-30(33-15-16-34-30)14-13-23(21)28(24)25(18-29(26,27)2)20-5-8-22(9-6-20)31(3)4/h5-6,8-9,21,24-27H,7,10-18H2,1-4H3. The van der Waals surface area contributed by atoms with Gasteiger partial charge in [0, 0.05) is 44.5 Å². The molecule has 6 rings (SSSR count). The molecule has 0 bridgehead atoms. The Kier molecular flexibility index (Phi) is 5.50. The summed E-state index contributed by atoms with van der Waals surface area (Å²) in [6.45, 7) is 5.79. The quantitative estimate of drug-likeness (QED) is 0.507. The van der Waals surface area contributed by atoms with E-state index in [1.165, 1.54) is 30.5 Å². The smallest absolute Gasteiger partial charge is 0.169 e. The van der Waals surface area contributed by atoms with Crippen LogP contribution in [0.15, 0.2) is 35.4 Å². The average Bonchev–Trinajstić information content (AvgIpc) is 3.42. The number of carbonyl (C=O) groups is 1. The fraction of sp³-hybridized carbons (Fsp3) is 0.700. The average molecular weight is 464 g/mol. The van der Waals surface area contributed by atoms with Gasteiger partial charge in [0.05, 0.1) is 13.2 Å². The topological polar surface area (TPSA) is 38.8 Å². The zero-order valence-corrected chi connectivity index (χ0v) is 21.4. The van der Waals surface area contributed by atoms with Crippen molar-refractivity contribution in [1.29, 1.82) is 0 Å². The number of anilines is 1. The number of ether oxygens (including phenoxy) is 2. The van der Waals surface area contributed by atoms with Gasteiger partial charge < -0.3 is 14.4 Å². The highest BCUT2D eigenvalue weighted by atomic mass is 16.7. The Morgan fingerprint density at radius 3 is 2.41 bits per heavy atom. The number of Topliss-reactive ketones (excluding diaryl/α,β-unsaturated/α-hetero) is 1. The zero-order chi connectivity index (χ0) is 23.7. The van der Waals surface area contributed by atoms with Crippen LogP contribution in [0, 0.1) is 29.1 Å². The van der Waals surface area contributed by atoms with Gasteiger partial charge in [-0.3, -0.25) is 4.79 Å². The molecule has 1 aliphatic heterocycles. The number of carbonyl (C=O) groups excluding carboxylic acids is 1. The Morgan fingerprint density at radius 2 is 1.74 bits per heavy atom. The molecule has 34 heavy (non-hydrogen) atoms. The second kappa shape index (κ2) is 8.20. The molecule has 1 spiro atoms. The third-order valence-corrected chi connectivity index (χ3v) is 10.5. The van der Waals surface area contributed by atoms with Crippen LogP contribution in [0.1, 0.15) is 76.7 Å². The molecule has 0 amide bonds. The summed E-state index contributed by atoms with van der Waals surface area (Å²) in [4.78, 5) is 14.9. The van der Waals surface area contributed by atoms with Gasteiger partial charge in [-0.05, 0) is 86.3 Å². The van der Waals surface area contributed by atoms with Gasteiger partial charge in [-0.1, -0.05) is 30.2 Å². The first-order valence-electron chi connectivity index (χ1n) is 13.6. The van der Waals surface area contributed by atoms with Crippen molar-refractivity contribution >= 4 is 11.5 Å². The van der Waals surface area contributed by atoms with Crippen molar-refractivity contribution in [3.63, 3.8) is 0 Å². The highest BCUT2D eigenvalue weighted by molar-refractivity contribution is 5.79. The molecule has 0 aromatic heterocycles. The molecule has 3 saturated carbocycles. The number of benzene rings is 1. The molecule has 6 unspecified atom stereocenters. The minimum Gasteiger partial charge on any atom is -0.378 e. The Hall–Kier alpha value is -1.65. The molecule has 4 nitrogen and oxygen atoms in total. The SMILES string of the molecule is CC(=O)C1CCC2C3CCC4CC5(CCC4=C3C(c3ccc(N(C)C)cc3)CC12C)OCCO5. The fourth-order valence-electron chi connectivity index (χ4n) is 8.96. The minimum absolute atomic E-state index is 0.117. The van der Waals surface area contributed by atoms with E-state index in [4.69, 9.17) is 9.47 Å². The normalized spacial score (nSPS) is 38.4. The van der Waals surface area contributed by atoms with Crippen molar-refractivity contribution in [2.24, 2.45) is 29.1 Å². The number of ketones is 1. The molecular formula is C30H41NO3. The Balaban J connectivity index is 1.43. The van der Waals surface area contributed by atoms with Gasteiger partial charge in [0.2, 0.25) is 0 Å². The Bertz CT molecular complexity index is 989. The summed E-state index contributed by atoms with van der Waals surface area (Å²) in [6.07, 6.45) is 9.07. The van der Waals surface area contributed by atoms with Gasteiger partial charge in [-0.15, -0.1) is 0 Å². The van der Waals surface area contributed by atoms with Crippen LogP contribution in [0.3, 0.4) is 0 Å². The molecule has 0 N–H and O–H groups in total. The minimum atomic E-state index is -0.319. The van der Waals surface area contributed by atoms with Crippen LogP contribution >= 0.6 is 0 Å². The molecule has 6 atom stereocenters. The van der Waals surface area contributed by atoms with Crippen LogP contribution in [-0.2, 0) is 14.3 Å². The summed E-state index contributed by atoms with van der Waals surface area (Å²) in [6, 6.07) is 9.28. The number of nitrogens with zero attached hydrogens (tertiary/aromatic N) is 1. The monoisotopic (exact) mass is 463 g/mol. The van der Waals surface area contributed by atoms with Crippen molar-refractivity contribution in [2.45, 2.75) is 76.9 Å². The molecule has 1 heterocycles. The van der Waals surface area contributed by atoms with Gasteiger partial charge in [-0.25, -0.2) is 0 Å². The lowest BCUT2D eigenvalue weighted by molar-refractivity contribution is -0.181. The van der Waals surface area contributed by atoms with Crippen LogP contribution in [0.4, 0.5) is 5.69 Å². The first-order chi connectivity index (χ1) is 16.3. The third-order valence-electron chi connectivity index (χ3n) is 10.5. The van der Waals surface area contributed by atoms with Gasteiger partial charge in [0.25, 0.3) is 0 Å². The molecule has 0 radical (unpaired) electrons. The third kappa shape index (κ3) is 3.43. The maximum Gasteiger partial charge on any atom is 0.169 e. The molecular weight excluding hydrogens is 422 g/mol. The number of hydrogen-bond acceptors (Lipinski definition) is 4. The van der Waals surface area contributed by atoms with Gasteiger partial charge in [-0.2, -0.15) is 0 Å². The van der Waals surface area contributed by atoms with Crippen LogP contribution in [-0.4, -0.2) is 38.9 Å². The molecule has 1 saturated heterocycles. The maximum absolute atomic E-state index is 12.8.